The predicted molar refractivity (Wildman–Crippen MR) is 73.2 cm³/mol. The number of aliphatic hydroxyl groups excluding tert-OH is 1. The Kier molecular flexibility index (Phi) is 4.39. The molecular formula is C15H19NO4. The highest BCUT2D eigenvalue weighted by Gasteiger charge is 2.41. The minimum atomic E-state index is -0.828. The minimum absolute atomic E-state index is 0.0655. The highest BCUT2D eigenvalue weighted by molar-refractivity contribution is 5.94. The van der Waals surface area contributed by atoms with E-state index < -0.39 is 11.4 Å². The van der Waals surface area contributed by atoms with E-state index in [2.05, 4.69) is 5.32 Å². The predicted octanol–water partition coefficient (Wildman–Crippen LogP) is 1.55. The molecule has 0 unspecified atom stereocenters. The second-order valence-electron chi connectivity index (χ2n) is 5.33. The smallest absolute Gasteiger partial charge is 0.311 e. The molecule has 2 rings (SSSR count). The van der Waals surface area contributed by atoms with Crippen molar-refractivity contribution in [1.82, 2.24) is 5.32 Å². The number of nitrogens with one attached hydrogen (secondary N) is 1. The van der Waals surface area contributed by atoms with E-state index in [0.29, 0.717) is 18.4 Å². The van der Waals surface area contributed by atoms with Crippen LogP contribution in [-0.2, 0) is 11.4 Å². The fourth-order valence-electron chi connectivity index (χ4n) is 2.63. The number of carbonyl (C=O) groups is 2. The average molecular weight is 277 g/mol. The van der Waals surface area contributed by atoms with Crippen molar-refractivity contribution in [1.29, 1.82) is 0 Å². The fraction of sp³-hybridized carbons (Fsp3) is 0.467. The Balaban J connectivity index is 1.98. The zero-order chi connectivity index (χ0) is 14.6. The monoisotopic (exact) mass is 277 g/mol. The van der Waals surface area contributed by atoms with Crippen LogP contribution in [-0.4, -0.2) is 28.6 Å². The summed E-state index contributed by atoms with van der Waals surface area (Å²) < 4.78 is 0. The van der Waals surface area contributed by atoms with E-state index in [4.69, 9.17) is 5.11 Å². The lowest BCUT2D eigenvalue weighted by molar-refractivity contribution is -0.148. The number of hydrogen-bond acceptors (Lipinski definition) is 3. The van der Waals surface area contributed by atoms with Crippen molar-refractivity contribution < 1.29 is 19.8 Å². The molecule has 1 aliphatic carbocycles. The lowest BCUT2D eigenvalue weighted by Crippen LogP contribution is -2.41. The molecule has 5 heteroatoms. The van der Waals surface area contributed by atoms with Crippen LogP contribution in [0, 0.1) is 5.41 Å². The third-order valence-corrected chi connectivity index (χ3v) is 4.00. The molecule has 0 atom stereocenters. The van der Waals surface area contributed by atoms with Gasteiger partial charge in [0.1, 0.15) is 0 Å². The number of rotatable bonds is 5. The van der Waals surface area contributed by atoms with Gasteiger partial charge in [-0.05, 0) is 30.5 Å². The molecule has 1 aromatic rings. The molecule has 1 saturated carbocycles. The van der Waals surface area contributed by atoms with Gasteiger partial charge in [0.15, 0.2) is 0 Å². The number of aliphatic hydroxyl groups is 1. The Morgan fingerprint density at radius 1 is 1.15 bits per heavy atom. The summed E-state index contributed by atoms with van der Waals surface area (Å²) in [7, 11) is 0. The van der Waals surface area contributed by atoms with E-state index in [1.165, 1.54) is 0 Å². The van der Waals surface area contributed by atoms with Gasteiger partial charge in [-0.15, -0.1) is 0 Å². The first-order chi connectivity index (χ1) is 9.57. The van der Waals surface area contributed by atoms with Crippen LogP contribution in [0.1, 0.15) is 41.6 Å². The van der Waals surface area contributed by atoms with Crippen LogP contribution in [0.2, 0.25) is 0 Å². The van der Waals surface area contributed by atoms with Crippen LogP contribution in [0.3, 0.4) is 0 Å². The lowest BCUT2D eigenvalue weighted by Gasteiger charge is -2.23. The van der Waals surface area contributed by atoms with Gasteiger partial charge in [0.05, 0.1) is 12.0 Å². The molecule has 108 valence electrons. The number of amides is 1. The molecular weight excluding hydrogens is 258 g/mol. The molecule has 5 nitrogen and oxygen atoms in total. The van der Waals surface area contributed by atoms with Gasteiger partial charge >= 0.3 is 5.97 Å². The number of aliphatic carboxylic acids is 1. The van der Waals surface area contributed by atoms with E-state index in [0.717, 1.165) is 18.4 Å². The Bertz CT molecular complexity index is 489. The maximum absolute atomic E-state index is 12.0. The maximum atomic E-state index is 12.0. The molecule has 0 spiro atoms. The molecule has 0 aliphatic heterocycles. The molecule has 0 aromatic heterocycles. The van der Waals surface area contributed by atoms with E-state index in [9.17, 15) is 14.7 Å². The average Bonchev–Trinajstić information content (AvgIpc) is 2.95. The normalized spacial score (nSPS) is 16.9. The van der Waals surface area contributed by atoms with E-state index in [-0.39, 0.29) is 19.1 Å². The van der Waals surface area contributed by atoms with Gasteiger partial charge in [-0.25, -0.2) is 0 Å². The van der Waals surface area contributed by atoms with Crippen LogP contribution >= 0.6 is 0 Å². The summed E-state index contributed by atoms with van der Waals surface area (Å²) >= 11 is 0. The molecule has 0 radical (unpaired) electrons. The van der Waals surface area contributed by atoms with Crippen molar-refractivity contribution in [3.05, 3.63) is 35.4 Å². The summed E-state index contributed by atoms with van der Waals surface area (Å²) in [5.41, 5.74) is 0.404. The molecule has 1 aromatic carbocycles. The number of carbonyl (C=O) groups excluding carboxylic acids is 1. The first-order valence-electron chi connectivity index (χ1n) is 6.79. The molecule has 1 fully saturated rings. The Morgan fingerprint density at radius 3 is 2.25 bits per heavy atom. The first-order valence-corrected chi connectivity index (χ1v) is 6.79. The van der Waals surface area contributed by atoms with Gasteiger partial charge in [0.25, 0.3) is 5.91 Å². The van der Waals surface area contributed by atoms with Crippen molar-refractivity contribution in [2.75, 3.05) is 6.54 Å². The third-order valence-electron chi connectivity index (χ3n) is 4.00. The molecule has 0 heterocycles. The zero-order valence-corrected chi connectivity index (χ0v) is 11.3. The molecule has 3 N–H and O–H groups in total. The second kappa shape index (κ2) is 6.05. The van der Waals surface area contributed by atoms with Crippen LogP contribution in [0.5, 0.6) is 0 Å². The largest absolute Gasteiger partial charge is 0.481 e. The summed E-state index contributed by atoms with van der Waals surface area (Å²) in [6.45, 7) is 0.104. The summed E-state index contributed by atoms with van der Waals surface area (Å²) in [4.78, 5) is 23.4. The first kappa shape index (κ1) is 14.5. The van der Waals surface area contributed by atoms with Gasteiger partial charge in [0, 0.05) is 12.1 Å². The SMILES string of the molecule is O=C(NCC1(C(=O)O)CCCC1)c1ccc(CO)cc1. The van der Waals surface area contributed by atoms with Gasteiger partial charge in [-0.3, -0.25) is 9.59 Å². The van der Waals surface area contributed by atoms with Crippen LogP contribution in [0.25, 0.3) is 0 Å². The van der Waals surface area contributed by atoms with Crippen molar-refractivity contribution in [3.8, 4) is 0 Å². The summed E-state index contributed by atoms with van der Waals surface area (Å²) in [5.74, 6) is -1.10. The lowest BCUT2D eigenvalue weighted by atomic mass is 9.86. The quantitative estimate of drug-likeness (QED) is 0.762. The van der Waals surface area contributed by atoms with Crippen LogP contribution in [0.15, 0.2) is 24.3 Å². The van der Waals surface area contributed by atoms with Gasteiger partial charge in [-0.1, -0.05) is 25.0 Å². The van der Waals surface area contributed by atoms with E-state index in [1.807, 2.05) is 0 Å². The van der Waals surface area contributed by atoms with Gasteiger partial charge in [0.2, 0.25) is 0 Å². The molecule has 0 bridgehead atoms. The Morgan fingerprint density at radius 2 is 1.75 bits per heavy atom. The minimum Gasteiger partial charge on any atom is -0.481 e. The number of benzene rings is 1. The summed E-state index contributed by atoms with van der Waals surface area (Å²) in [5, 5.41) is 21.0. The topological polar surface area (TPSA) is 86.6 Å². The third kappa shape index (κ3) is 2.99. The Labute approximate surface area is 117 Å². The summed E-state index contributed by atoms with van der Waals surface area (Å²) in [6, 6.07) is 6.61. The van der Waals surface area contributed by atoms with Crippen molar-refractivity contribution >= 4 is 11.9 Å². The van der Waals surface area contributed by atoms with Crippen molar-refractivity contribution in [3.63, 3.8) is 0 Å². The van der Waals surface area contributed by atoms with Gasteiger partial charge in [-0.2, -0.15) is 0 Å². The second-order valence-corrected chi connectivity index (χ2v) is 5.33. The number of carboxylic acid groups (broad SMARTS) is 1. The van der Waals surface area contributed by atoms with Crippen LogP contribution in [0.4, 0.5) is 0 Å². The highest BCUT2D eigenvalue weighted by Crippen LogP contribution is 2.37. The standard InChI is InChI=1S/C15H19NO4/c17-9-11-3-5-12(6-4-11)13(18)16-10-15(14(19)20)7-1-2-8-15/h3-6,17H,1-2,7-10H2,(H,16,18)(H,19,20). The number of carboxylic acids is 1. The Hall–Kier alpha value is -1.88. The van der Waals surface area contributed by atoms with Gasteiger partial charge < -0.3 is 15.5 Å². The summed E-state index contributed by atoms with van der Waals surface area (Å²) in [6.07, 6.45) is 3.03. The van der Waals surface area contributed by atoms with Crippen molar-refractivity contribution in [2.45, 2.75) is 32.3 Å². The zero-order valence-electron chi connectivity index (χ0n) is 11.3. The van der Waals surface area contributed by atoms with Crippen molar-refractivity contribution in [2.24, 2.45) is 5.41 Å². The van der Waals surface area contributed by atoms with Crippen LogP contribution < -0.4 is 5.32 Å². The molecule has 0 saturated heterocycles. The fourth-order valence-corrected chi connectivity index (χ4v) is 2.63. The van der Waals surface area contributed by atoms with E-state index in [1.54, 1.807) is 24.3 Å². The molecule has 1 amide bonds. The maximum Gasteiger partial charge on any atom is 0.311 e. The van der Waals surface area contributed by atoms with E-state index >= 15 is 0 Å². The number of hydrogen-bond donors (Lipinski definition) is 3. The molecule has 20 heavy (non-hydrogen) atoms. The molecule has 1 aliphatic rings. The highest BCUT2D eigenvalue weighted by atomic mass is 16.4.